The van der Waals surface area contributed by atoms with Crippen LogP contribution in [0.2, 0.25) is 0 Å². The maximum atomic E-state index is 13.5. The smallest absolute Gasteiger partial charge is 0.258 e. The van der Waals surface area contributed by atoms with Gasteiger partial charge in [0, 0.05) is 19.6 Å². The highest BCUT2D eigenvalue weighted by Gasteiger charge is 2.20. The number of benzene rings is 2. The first-order valence-electron chi connectivity index (χ1n) is 7.82. The minimum absolute atomic E-state index is 0.0626. The van der Waals surface area contributed by atoms with Crippen molar-refractivity contribution in [3.63, 3.8) is 0 Å². The number of nitriles is 1. The number of amides is 1. The van der Waals surface area contributed by atoms with Crippen LogP contribution in [-0.2, 0) is 6.54 Å². The van der Waals surface area contributed by atoms with Crippen molar-refractivity contribution in [1.29, 1.82) is 5.26 Å². The lowest BCUT2D eigenvalue weighted by Gasteiger charge is -2.25. The largest absolute Gasteiger partial charge is 0.507 e. The topological polar surface area (TPSA) is 67.6 Å². The molecule has 0 unspecified atom stereocenters. The van der Waals surface area contributed by atoms with Crippen LogP contribution < -0.4 is 0 Å². The van der Waals surface area contributed by atoms with E-state index in [-0.39, 0.29) is 11.3 Å². The van der Waals surface area contributed by atoms with E-state index in [1.165, 1.54) is 6.07 Å². The summed E-state index contributed by atoms with van der Waals surface area (Å²) in [5, 5.41) is 18.8. The number of aromatic hydroxyl groups is 1. The normalized spacial score (nSPS) is 10.5. The molecular weight excluding hydrogens is 321 g/mol. The fourth-order valence-electron chi connectivity index (χ4n) is 2.33. The number of hydrogen-bond donors (Lipinski definition) is 1. The molecule has 2 rings (SSSR count). The van der Waals surface area contributed by atoms with E-state index in [9.17, 15) is 14.3 Å². The van der Waals surface area contributed by atoms with E-state index < -0.39 is 11.7 Å². The molecule has 0 spiro atoms. The Morgan fingerprint density at radius 2 is 1.84 bits per heavy atom. The molecule has 0 aromatic heterocycles. The Labute approximate surface area is 146 Å². The van der Waals surface area contributed by atoms with Gasteiger partial charge in [0.1, 0.15) is 11.6 Å². The monoisotopic (exact) mass is 341 g/mol. The number of rotatable bonds is 6. The van der Waals surface area contributed by atoms with E-state index in [0.717, 1.165) is 17.7 Å². The Morgan fingerprint density at radius 1 is 1.16 bits per heavy atom. The average Bonchev–Trinajstić information content (AvgIpc) is 2.60. The van der Waals surface area contributed by atoms with Gasteiger partial charge in [-0.05, 0) is 50.0 Å². The van der Waals surface area contributed by atoms with Gasteiger partial charge in [-0.15, -0.1) is 0 Å². The minimum atomic E-state index is -0.577. The molecule has 130 valence electrons. The highest BCUT2D eigenvalue weighted by atomic mass is 19.1. The maximum Gasteiger partial charge on any atom is 0.258 e. The lowest BCUT2D eigenvalue weighted by molar-refractivity contribution is 0.0728. The molecule has 0 aliphatic rings. The number of carbonyl (C=O) groups excluding carboxylic acids is 1. The van der Waals surface area contributed by atoms with E-state index in [2.05, 4.69) is 0 Å². The van der Waals surface area contributed by atoms with Gasteiger partial charge in [-0.2, -0.15) is 5.26 Å². The molecule has 0 aliphatic heterocycles. The molecular formula is C19H20FN3O2. The molecule has 0 atom stereocenters. The van der Waals surface area contributed by atoms with Gasteiger partial charge in [0.25, 0.3) is 5.91 Å². The lowest BCUT2D eigenvalue weighted by atomic mass is 10.1. The van der Waals surface area contributed by atoms with Gasteiger partial charge in [-0.3, -0.25) is 4.79 Å². The van der Waals surface area contributed by atoms with Crippen molar-refractivity contribution in [3.8, 4) is 11.8 Å². The predicted molar refractivity (Wildman–Crippen MR) is 92.5 cm³/mol. The third-order valence-corrected chi connectivity index (χ3v) is 3.75. The number of hydrogen-bond acceptors (Lipinski definition) is 4. The van der Waals surface area contributed by atoms with Crippen LogP contribution in [0.4, 0.5) is 4.39 Å². The van der Waals surface area contributed by atoms with E-state index in [0.29, 0.717) is 25.2 Å². The number of phenolic OH excluding ortho intramolecular Hbond substituents is 1. The van der Waals surface area contributed by atoms with Crippen molar-refractivity contribution in [2.24, 2.45) is 0 Å². The highest BCUT2D eigenvalue weighted by Crippen LogP contribution is 2.21. The van der Waals surface area contributed by atoms with Gasteiger partial charge in [0.05, 0.1) is 17.2 Å². The number of carbonyl (C=O) groups is 1. The first-order valence-corrected chi connectivity index (χ1v) is 7.82. The van der Waals surface area contributed by atoms with E-state index >= 15 is 0 Å². The van der Waals surface area contributed by atoms with Crippen LogP contribution >= 0.6 is 0 Å². The van der Waals surface area contributed by atoms with Crippen molar-refractivity contribution in [2.45, 2.75) is 6.54 Å². The van der Waals surface area contributed by atoms with Crippen molar-refractivity contribution in [3.05, 3.63) is 65.0 Å². The second-order valence-corrected chi connectivity index (χ2v) is 6.00. The summed E-state index contributed by atoms with van der Waals surface area (Å²) in [6.07, 6.45) is 0. The van der Waals surface area contributed by atoms with Crippen LogP contribution in [0.1, 0.15) is 21.5 Å². The molecule has 25 heavy (non-hydrogen) atoms. The van der Waals surface area contributed by atoms with Crippen molar-refractivity contribution >= 4 is 5.91 Å². The zero-order valence-electron chi connectivity index (χ0n) is 14.2. The molecule has 0 bridgehead atoms. The van der Waals surface area contributed by atoms with Gasteiger partial charge in [0.2, 0.25) is 0 Å². The first kappa shape index (κ1) is 18.4. The molecule has 2 aromatic rings. The van der Waals surface area contributed by atoms with Crippen LogP contribution in [0.5, 0.6) is 5.75 Å². The Morgan fingerprint density at radius 3 is 2.44 bits per heavy atom. The highest BCUT2D eigenvalue weighted by molar-refractivity contribution is 5.96. The van der Waals surface area contributed by atoms with Crippen molar-refractivity contribution in [2.75, 3.05) is 27.2 Å². The zero-order valence-corrected chi connectivity index (χ0v) is 14.2. The quantitative estimate of drug-likeness (QED) is 0.877. The lowest BCUT2D eigenvalue weighted by Crippen LogP contribution is -2.36. The maximum absolute atomic E-state index is 13.5. The minimum Gasteiger partial charge on any atom is -0.507 e. The van der Waals surface area contributed by atoms with Gasteiger partial charge in [-0.25, -0.2) is 4.39 Å². The molecule has 6 heteroatoms. The Balaban J connectivity index is 2.26. The van der Waals surface area contributed by atoms with Crippen LogP contribution in [0.3, 0.4) is 0 Å². The van der Waals surface area contributed by atoms with Crippen molar-refractivity contribution < 1.29 is 14.3 Å². The number of likely N-dealkylation sites (N-methyl/N-ethyl adjacent to an activating group) is 1. The molecule has 5 nitrogen and oxygen atoms in total. The molecule has 1 amide bonds. The second kappa shape index (κ2) is 8.27. The molecule has 0 fully saturated rings. The summed E-state index contributed by atoms with van der Waals surface area (Å²) in [6, 6.07) is 12.3. The fraction of sp³-hybridized carbons (Fsp3) is 0.263. The molecule has 0 saturated heterocycles. The van der Waals surface area contributed by atoms with Gasteiger partial charge in [0.15, 0.2) is 0 Å². The molecule has 0 heterocycles. The third kappa shape index (κ3) is 5.03. The van der Waals surface area contributed by atoms with Gasteiger partial charge < -0.3 is 14.9 Å². The first-order chi connectivity index (χ1) is 11.9. The Hall–Kier alpha value is -2.91. The SMILES string of the molecule is CN(C)CCN(Cc1ccc(C#N)cc1)C(=O)c1cc(F)ccc1O. The second-order valence-electron chi connectivity index (χ2n) is 6.00. The standard InChI is InChI=1S/C19H20FN3O2/c1-22(2)9-10-23(13-15-5-3-14(12-21)4-6-15)19(25)17-11-16(20)7-8-18(17)24/h3-8,11,24H,9-10,13H2,1-2H3. The Kier molecular flexibility index (Phi) is 6.09. The van der Waals surface area contributed by atoms with Gasteiger partial charge in [-0.1, -0.05) is 12.1 Å². The van der Waals surface area contributed by atoms with Crippen LogP contribution in [0, 0.1) is 17.1 Å². The summed E-state index contributed by atoms with van der Waals surface area (Å²) in [6.45, 7) is 1.34. The van der Waals surface area contributed by atoms with E-state index in [1.807, 2.05) is 25.1 Å². The van der Waals surface area contributed by atoms with E-state index in [4.69, 9.17) is 5.26 Å². The summed E-state index contributed by atoms with van der Waals surface area (Å²) in [4.78, 5) is 16.3. The fourth-order valence-corrected chi connectivity index (χ4v) is 2.33. The molecule has 0 saturated carbocycles. The number of halogens is 1. The molecule has 1 N–H and O–H groups in total. The molecule has 0 radical (unpaired) electrons. The van der Waals surface area contributed by atoms with Gasteiger partial charge >= 0.3 is 0 Å². The third-order valence-electron chi connectivity index (χ3n) is 3.75. The van der Waals surface area contributed by atoms with Crippen LogP contribution in [0.15, 0.2) is 42.5 Å². The van der Waals surface area contributed by atoms with E-state index in [1.54, 1.807) is 29.2 Å². The summed E-state index contributed by atoms with van der Waals surface area (Å²) in [7, 11) is 3.79. The van der Waals surface area contributed by atoms with Crippen LogP contribution in [0.25, 0.3) is 0 Å². The summed E-state index contributed by atoms with van der Waals surface area (Å²) in [5.41, 5.74) is 1.33. The number of nitrogens with zero attached hydrogens (tertiary/aromatic N) is 3. The Bertz CT molecular complexity index is 782. The summed E-state index contributed by atoms with van der Waals surface area (Å²) in [5.74, 6) is -1.27. The molecule has 2 aromatic carbocycles. The number of phenols is 1. The average molecular weight is 341 g/mol. The zero-order chi connectivity index (χ0) is 18.4. The predicted octanol–water partition coefficient (Wildman–Crippen LogP) is 2.61. The summed E-state index contributed by atoms with van der Waals surface area (Å²) >= 11 is 0. The van der Waals surface area contributed by atoms with Crippen LogP contribution in [-0.4, -0.2) is 48.0 Å². The van der Waals surface area contributed by atoms with Crippen molar-refractivity contribution in [1.82, 2.24) is 9.80 Å². The summed E-state index contributed by atoms with van der Waals surface area (Å²) < 4.78 is 13.5. The molecule has 0 aliphatic carbocycles.